The van der Waals surface area contributed by atoms with E-state index in [1.165, 1.54) is 19.3 Å². The zero-order valence-electron chi connectivity index (χ0n) is 40.7. The van der Waals surface area contributed by atoms with E-state index in [0.717, 1.165) is 51.4 Å². The second-order valence-electron chi connectivity index (χ2n) is 16.3. The summed E-state index contributed by atoms with van der Waals surface area (Å²) in [5.74, 6) is -1.47. The topological polar surface area (TPSA) is 276 Å². The predicted octanol–water partition coefficient (Wildman–Crippen LogP) is 8.47. The van der Waals surface area contributed by atoms with E-state index < -0.39 is 89.6 Å². The molecule has 0 spiro atoms. The van der Waals surface area contributed by atoms with Gasteiger partial charge in [0.05, 0.1) is 12.7 Å². The second-order valence-corrected chi connectivity index (χ2v) is 18.9. The molecule has 0 saturated heterocycles. The van der Waals surface area contributed by atoms with Crippen LogP contribution in [0.3, 0.4) is 0 Å². The number of phosphoric ester groups is 2. The van der Waals surface area contributed by atoms with Gasteiger partial charge in [0, 0.05) is 12.8 Å². The molecule has 0 aliphatic heterocycles. The third-order valence-electron chi connectivity index (χ3n) is 10.1. The molecule has 17 nitrogen and oxygen atoms in total. The third-order valence-corrected chi connectivity index (χ3v) is 11.6. The fourth-order valence-corrected chi connectivity index (χ4v) is 7.90. The maximum atomic E-state index is 13.0. The molecule has 0 bridgehead atoms. The number of unbranched alkanes of at least 4 members (excludes halogenated alkanes) is 4. The number of aliphatic hydroxyl groups excluding tert-OH is 5. The Morgan fingerprint density at radius 1 is 0.543 bits per heavy atom. The Labute approximate surface area is 414 Å². The molecule has 0 aromatic rings. The fraction of sp³-hybridized carbons (Fsp3) is 0.569. The molecular weight excluding hydrogens is 946 g/mol. The van der Waals surface area contributed by atoms with E-state index in [0.29, 0.717) is 12.8 Å². The van der Waals surface area contributed by atoms with Crippen LogP contribution < -0.4 is 0 Å². The van der Waals surface area contributed by atoms with E-state index >= 15 is 0 Å². The molecule has 396 valence electrons. The van der Waals surface area contributed by atoms with Crippen molar-refractivity contribution in [3.63, 3.8) is 0 Å². The van der Waals surface area contributed by atoms with Crippen LogP contribution >= 0.6 is 15.6 Å². The Hall–Kier alpha value is -3.64. The van der Waals surface area contributed by atoms with Crippen LogP contribution in [0, 0.1) is 0 Å². The zero-order valence-corrected chi connectivity index (χ0v) is 42.5. The molecular formula is C51H80O17P2. The maximum absolute atomic E-state index is 13.0. The summed E-state index contributed by atoms with van der Waals surface area (Å²) in [5, 5.41) is 51.5. The predicted molar refractivity (Wildman–Crippen MR) is 270 cm³/mol. The van der Waals surface area contributed by atoms with Crippen molar-refractivity contribution >= 4 is 27.6 Å². The van der Waals surface area contributed by atoms with Gasteiger partial charge in [-0.15, -0.1) is 0 Å². The summed E-state index contributed by atoms with van der Waals surface area (Å²) in [6, 6.07) is 0. The number of esters is 2. The average Bonchev–Trinajstić information content (AvgIpc) is 3.31. The number of hydrogen-bond acceptors (Lipinski definition) is 14. The van der Waals surface area contributed by atoms with Crippen LogP contribution in [-0.2, 0) is 41.8 Å². The van der Waals surface area contributed by atoms with Crippen molar-refractivity contribution in [1.82, 2.24) is 0 Å². The molecule has 9 atom stereocenters. The Morgan fingerprint density at radius 3 is 1.61 bits per heavy atom. The van der Waals surface area contributed by atoms with E-state index in [4.69, 9.17) is 18.5 Å². The normalized spacial score (nSPS) is 22.5. The number of hydrogen-bond donors (Lipinski definition) is 8. The van der Waals surface area contributed by atoms with E-state index in [9.17, 15) is 58.9 Å². The van der Waals surface area contributed by atoms with Gasteiger partial charge >= 0.3 is 27.6 Å². The molecule has 1 rings (SSSR count). The summed E-state index contributed by atoms with van der Waals surface area (Å²) in [4.78, 5) is 54.3. The van der Waals surface area contributed by atoms with Crippen molar-refractivity contribution in [2.75, 3.05) is 13.2 Å². The van der Waals surface area contributed by atoms with Crippen LogP contribution in [0.1, 0.15) is 123 Å². The second kappa shape index (κ2) is 39.9. The summed E-state index contributed by atoms with van der Waals surface area (Å²) in [6.07, 6.45) is 36.1. The SMILES string of the molecule is CC/C=C\C/C=C\C/C=C\C/C=C\C=C/C(O)C/C=C\CCC(=O)O[C@H](COC(=O)CCC/C=C\C/C=C\C/C=C\C/C=C\CCCCC)COP(=O)(O)O[C@H]1C(O)C(O)C(O)[C@@H](OP(=O)(O)O)C1O. The molecule has 1 fully saturated rings. The van der Waals surface area contributed by atoms with Crippen LogP contribution in [0.4, 0.5) is 0 Å². The summed E-state index contributed by atoms with van der Waals surface area (Å²) >= 11 is 0. The first kappa shape index (κ1) is 64.4. The fourth-order valence-electron chi connectivity index (χ4n) is 6.36. The largest absolute Gasteiger partial charge is 0.472 e. The van der Waals surface area contributed by atoms with Gasteiger partial charge in [-0.05, 0) is 83.5 Å². The number of carbonyl (C=O) groups excluding carboxylic acids is 2. The highest BCUT2D eigenvalue weighted by molar-refractivity contribution is 7.47. The molecule has 1 aliphatic rings. The standard InChI is InChI=1S/C51H80O17P2/c1-3-5-7-9-11-13-15-17-18-19-20-22-24-26-28-30-34-38-44(53)64-40-43(41-65-70(62,63)68-51-48(57)46(55)47(56)50(49(51)58)67-69(59,60)61)66-45(54)39-35-31-33-37-42(52)36-32-29-27-25-23-21-16-14-12-10-8-6-4-2/h6,8,11-14,17-18,20-23,26-29,31-33,36,42-43,46-52,55-58H,3-5,7,9-10,15-16,19,24-25,30,34-35,37-41H2,1-2H3,(H,62,63)(H2,59,60,61)/b8-6-,13-11-,14-12-,18-17-,22-20-,23-21-,28-26-,29-27-,33-31-,36-32-/t42?,43-,46?,47?,48?,49?,50-,51+/m1/s1. The van der Waals surface area contributed by atoms with Gasteiger partial charge in [0.1, 0.15) is 43.2 Å². The first-order valence-corrected chi connectivity index (χ1v) is 27.2. The summed E-state index contributed by atoms with van der Waals surface area (Å²) in [5.41, 5.74) is 0. The summed E-state index contributed by atoms with van der Waals surface area (Å²) in [7, 11) is -10.8. The minimum Gasteiger partial charge on any atom is -0.462 e. The lowest BCUT2D eigenvalue weighted by atomic mass is 9.85. The molecule has 0 amide bonds. The Kier molecular flexibility index (Phi) is 36.7. The highest BCUT2D eigenvalue weighted by Crippen LogP contribution is 2.49. The van der Waals surface area contributed by atoms with Crippen molar-refractivity contribution in [3.05, 3.63) is 122 Å². The maximum Gasteiger partial charge on any atom is 0.472 e. The van der Waals surface area contributed by atoms with Gasteiger partial charge in [-0.2, -0.15) is 0 Å². The minimum atomic E-state index is -5.40. The lowest BCUT2D eigenvalue weighted by Crippen LogP contribution is -2.64. The Bertz CT molecular complexity index is 1830. The van der Waals surface area contributed by atoms with E-state index in [2.05, 4.69) is 91.3 Å². The van der Waals surface area contributed by atoms with Crippen molar-refractivity contribution in [2.45, 2.75) is 172 Å². The molecule has 19 heteroatoms. The number of allylic oxidation sites excluding steroid dienone is 18. The van der Waals surface area contributed by atoms with Crippen molar-refractivity contribution < 1.29 is 82.0 Å². The number of carbonyl (C=O) groups is 2. The van der Waals surface area contributed by atoms with Gasteiger partial charge in [0.25, 0.3) is 0 Å². The average molecular weight is 1030 g/mol. The molecule has 1 aliphatic carbocycles. The van der Waals surface area contributed by atoms with Crippen LogP contribution in [0.5, 0.6) is 0 Å². The molecule has 8 N–H and O–H groups in total. The highest BCUT2D eigenvalue weighted by Gasteiger charge is 2.54. The molecule has 1 saturated carbocycles. The summed E-state index contributed by atoms with van der Waals surface area (Å²) in [6.45, 7) is 2.76. The molecule has 0 aromatic carbocycles. The first-order chi connectivity index (χ1) is 33.5. The lowest BCUT2D eigenvalue weighted by Gasteiger charge is -2.43. The van der Waals surface area contributed by atoms with Crippen molar-refractivity contribution in [2.24, 2.45) is 0 Å². The molecule has 0 aromatic heterocycles. The number of phosphoric acid groups is 2. The van der Waals surface area contributed by atoms with Crippen LogP contribution in [-0.4, -0.2) is 114 Å². The van der Waals surface area contributed by atoms with E-state index in [1.807, 2.05) is 24.3 Å². The van der Waals surface area contributed by atoms with Crippen LogP contribution in [0.15, 0.2) is 122 Å². The lowest BCUT2D eigenvalue weighted by molar-refractivity contribution is -0.216. The van der Waals surface area contributed by atoms with Gasteiger partial charge in [-0.25, -0.2) is 9.13 Å². The van der Waals surface area contributed by atoms with Crippen LogP contribution in [0.2, 0.25) is 0 Å². The Balaban J connectivity index is 2.73. The molecule has 0 radical (unpaired) electrons. The molecule has 70 heavy (non-hydrogen) atoms. The highest BCUT2D eigenvalue weighted by atomic mass is 31.2. The van der Waals surface area contributed by atoms with Gasteiger partial charge in [-0.3, -0.25) is 23.2 Å². The van der Waals surface area contributed by atoms with Crippen molar-refractivity contribution in [3.8, 4) is 0 Å². The monoisotopic (exact) mass is 1030 g/mol. The van der Waals surface area contributed by atoms with E-state index in [1.54, 1.807) is 24.3 Å². The molecule has 0 heterocycles. The van der Waals surface area contributed by atoms with E-state index in [-0.39, 0.29) is 25.7 Å². The smallest absolute Gasteiger partial charge is 0.462 e. The third kappa shape index (κ3) is 33.9. The first-order valence-electron chi connectivity index (χ1n) is 24.2. The quantitative estimate of drug-likeness (QED) is 0.00946. The summed E-state index contributed by atoms with van der Waals surface area (Å²) < 4.78 is 49.2. The van der Waals surface area contributed by atoms with Gasteiger partial charge < -0.3 is 49.7 Å². The molecule has 6 unspecified atom stereocenters. The zero-order chi connectivity index (χ0) is 51.9. The van der Waals surface area contributed by atoms with Crippen molar-refractivity contribution in [1.29, 1.82) is 0 Å². The van der Waals surface area contributed by atoms with Gasteiger partial charge in [0.2, 0.25) is 0 Å². The van der Waals surface area contributed by atoms with Gasteiger partial charge in [-0.1, -0.05) is 148 Å². The number of aliphatic hydroxyl groups is 5. The number of ether oxygens (including phenoxy) is 2. The van der Waals surface area contributed by atoms with Crippen LogP contribution in [0.25, 0.3) is 0 Å². The Morgan fingerprint density at radius 2 is 1.06 bits per heavy atom. The number of rotatable bonds is 38. The van der Waals surface area contributed by atoms with Gasteiger partial charge in [0.15, 0.2) is 6.10 Å². The minimum absolute atomic E-state index is 0.0000869.